The topological polar surface area (TPSA) is 54.9 Å². The number of rotatable bonds is 10. The Hall–Kier alpha value is -2.74. The Morgan fingerprint density at radius 3 is 2.53 bits per heavy atom. The number of aromatic nitrogens is 1. The fraction of sp³-hybridized carbons (Fsp3) is 0.556. The Bertz CT molecular complexity index is 1420. The maximum Gasteiger partial charge on any atom is 0.255 e. The van der Waals surface area contributed by atoms with Crippen LogP contribution < -0.4 is 4.74 Å². The van der Waals surface area contributed by atoms with Crippen molar-refractivity contribution in [2.24, 2.45) is 11.8 Å². The van der Waals surface area contributed by atoms with Gasteiger partial charge in [-0.05, 0) is 81.0 Å². The summed E-state index contributed by atoms with van der Waals surface area (Å²) >= 11 is 1.91. The predicted octanol–water partition coefficient (Wildman–Crippen LogP) is 7.09. The number of carbonyl (C=O) groups excluding carboxylic acids is 1. The molecule has 1 aromatic carbocycles. The minimum atomic E-state index is 0.162. The number of likely N-dealkylation sites (tertiary alicyclic amines) is 1. The molecule has 6 rings (SSSR count). The molecule has 0 spiro atoms. The molecule has 3 aromatic rings. The van der Waals surface area contributed by atoms with Crippen LogP contribution in [0, 0.1) is 32.6 Å². The lowest BCUT2D eigenvalue weighted by Crippen LogP contribution is -2.54. The number of amides is 1. The van der Waals surface area contributed by atoms with Crippen molar-refractivity contribution >= 4 is 17.2 Å². The number of methoxy groups -OCH3 is 1. The lowest BCUT2D eigenvalue weighted by Gasteiger charge is -2.47. The average molecular weight is 602 g/mol. The fourth-order valence-corrected chi connectivity index (χ4v) is 9.05. The molecule has 1 aliphatic carbocycles. The summed E-state index contributed by atoms with van der Waals surface area (Å²) in [4.78, 5) is 26.2. The van der Waals surface area contributed by atoms with Crippen molar-refractivity contribution in [3.8, 4) is 5.88 Å². The van der Waals surface area contributed by atoms with E-state index in [1.165, 1.54) is 54.1 Å². The second-order valence-electron chi connectivity index (χ2n) is 13.1. The van der Waals surface area contributed by atoms with Crippen molar-refractivity contribution < 1.29 is 14.3 Å². The van der Waals surface area contributed by atoms with Gasteiger partial charge in [0.1, 0.15) is 6.61 Å². The van der Waals surface area contributed by atoms with Gasteiger partial charge in [-0.3, -0.25) is 9.69 Å². The first kappa shape index (κ1) is 30.3. The molecule has 1 saturated carbocycles. The van der Waals surface area contributed by atoms with Crippen molar-refractivity contribution in [1.82, 2.24) is 14.8 Å². The molecule has 2 aromatic heterocycles. The maximum absolute atomic E-state index is 14.0. The van der Waals surface area contributed by atoms with Gasteiger partial charge in [0.05, 0.1) is 18.7 Å². The molecular weight excluding hydrogens is 554 g/mol. The van der Waals surface area contributed by atoms with Crippen LogP contribution in [0.3, 0.4) is 0 Å². The minimum absolute atomic E-state index is 0.162. The lowest BCUT2D eigenvalue weighted by atomic mass is 9.76. The first-order chi connectivity index (χ1) is 20.8. The number of carbonyl (C=O) groups is 1. The van der Waals surface area contributed by atoms with E-state index < -0.39 is 0 Å². The van der Waals surface area contributed by atoms with Crippen LogP contribution >= 0.6 is 11.3 Å². The molecule has 2 aliphatic heterocycles. The molecule has 3 aliphatic rings. The van der Waals surface area contributed by atoms with E-state index in [1.54, 1.807) is 0 Å². The van der Waals surface area contributed by atoms with E-state index in [1.807, 2.05) is 48.5 Å². The van der Waals surface area contributed by atoms with Crippen LogP contribution in [0.2, 0.25) is 0 Å². The number of hydrogen-bond acceptors (Lipinski definition) is 6. The van der Waals surface area contributed by atoms with Crippen molar-refractivity contribution in [2.45, 2.75) is 84.9 Å². The van der Waals surface area contributed by atoms with E-state index in [9.17, 15) is 4.79 Å². The van der Waals surface area contributed by atoms with Gasteiger partial charge in [0.15, 0.2) is 0 Å². The summed E-state index contributed by atoms with van der Waals surface area (Å²) in [6.45, 7) is 13.7. The molecule has 0 radical (unpaired) electrons. The summed E-state index contributed by atoms with van der Waals surface area (Å²) in [5.74, 6) is 2.71. The third kappa shape index (κ3) is 6.40. The van der Waals surface area contributed by atoms with Gasteiger partial charge in [0.25, 0.3) is 5.91 Å². The summed E-state index contributed by atoms with van der Waals surface area (Å²) in [6, 6.07) is 13.0. The second kappa shape index (κ2) is 13.1. The number of hydrogen-bond donors (Lipinski definition) is 0. The maximum atomic E-state index is 14.0. The van der Waals surface area contributed by atoms with E-state index in [0.717, 1.165) is 59.5 Å². The number of aryl methyl sites for hydroxylation is 2. The van der Waals surface area contributed by atoms with Crippen LogP contribution in [0.25, 0.3) is 0 Å². The summed E-state index contributed by atoms with van der Waals surface area (Å²) in [5, 5.41) is 0. The predicted molar refractivity (Wildman–Crippen MR) is 173 cm³/mol. The molecular formula is C36H47N3O3S. The normalized spacial score (nSPS) is 21.9. The third-order valence-electron chi connectivity index (χ3n) is 10.1. The van der Waals surface area contributed by atoms with Crippen LogP contribution in [-0.2, 0) is 24.3 Å². The van der Waals surface area contributed by atoms with Gasteiger partial charge in [-0.25, -0.2) is 4.98 Å². The highest BCUT2D eigenvalue weighted by Crippen LogP contribution is 2.44. The Morgan fingerprint density at radius 2 is 1.81 bits per heavy atom. The van der Waals surface area contributed by atoms with E-state index in [0.29, 0.717) is 30.9 Å². The SMILES string of the molecule is COCC1CN([C@H]2CC[C@H]([C@@H](C)c3sc4c(c3C)C(=O)N(Cc3c(C)cc(C)nc3OCc3ccccc3)CC4)CC2)C1. The lowest BCUT2D eigenvalue weighted by molar-refractivity contribution is -0.00954. The monoisotopic (exact) mass is 601 g/mol. The summed E-state index contributed by atoms with van der Waals surface area (Å²) in [5.41, 5.74) is 6.34. The molecule has 230 valence electrons. The molecule has 2 fully saturated rings. The van der Waals surface area contributed by atoms with Crippen molar-refractivity contribution in [2.75, 3.05) is 33.4 Å². The molecule has 1 amide bonds. The highest BCUT2D eigenvalue weighted by atomic mass is 32.1. The van der Waals surface area contributed by atoms with Crippen molar-refractivity contribution in [1.29, 1.82) is 0 Å². The molecule has 1 atom stereocenters. The van der Waals surface area contributed by atoms with Crippen LogP contribution in [0.5, 0.6) is 5.88 Å². The number of ether oxygens (including phenoxy) is 2. The quantitative estimate of drug-likeness (QED) is 0.248. The van der Waals surface area contributed by atoms with Gasteiger partial charge in [0.2, 0.25) is 5.88 Å². The van der Waals surface area contributed by atoms with Gasteiger partial charge < -0.3 is 14.4 Å². The molecule has 0 N–H and O–H groups in total. The van der Waals surface area contributed by atoms with E-state index in [2.05, 4.69) is 43.9 Å². The van der Waals surface area contributed by atoms with E-state index >= 15 is 0 Å². The highest BCUT2D eigenvalue weighted by molar-refractivity contribution is 7.12. The summed E-state index contributed by atoms with van der Waals surface area (Å²) in [7, 11) is 1.81. The van der Waals surface area contributed by atoms with E-state index in [-0.39, 0.29) is 5.91 Å². The third-order valence-corrected chi connectivity index (χ3v) is 11.7. The highest BCUT2D eigenvalue weighted by Gasteiger charge is 2.37. The number of thiophene rings is 1. The molecule has 0 unspecified atom stereocenters. The zero-order chi connectivity index (χ0) is 30.1. The number of fused-ring (bicyclic) bond motifs is 1. The zero-order valence-electron chi connectivity index (χ0n) is 26.5. The van der Waals surface area contributed by atoms with Gasteiger partial charge in [0, 0.05) is 66.1 Å². The van der Waals surface area contributed by atoms with Crippen molar-refractivity contribution in [3.05, 3.63) is 79.7 Å². The standard InChI is InChI=1S/C36H47N3O3S/c1-23-17-24(2)37-35(42-22-27-9-7-6-8-10-27)31(23)20-38-16-15-32-33(36(38)40)26(4)34(43-32)25(3)29-11-13-30(14-12-29)39-18-28(19-39)21-41-5/h6-10,17,25,28-30H,11-16,18-22H2,1-5H3/t25-,29-,30-/m1/s1. The van der Waals surface area contributed by atoms with E-state index in [4.69, 9.17) is 14.5 Å². The smallest absolute Gasteiger partial charge is 0.255 e. The van der Waals surface area contributed by atoms with Gasteiger partial charge >= 0.3 is 0 Å². The molecule has 1 saturated heterocycles. The molecule has 7 heteroatoms. The molecule has 0 bridgehead atoms. The van der Waals surface area contributed by atoms with Crippen LogP contribution in [-0.4, -0.2) is 60.1 Å². The summed E-state index contributed by atoms with van der Waals surface area (Å²) < 4.78 is 11.6. The van der Waals surface area contributed by atoms with Gasteiger partial charge in [-0.1, -0.05) is 37.3 Å². The van der Waals surface area contributed by atoms with Gasteiger partial charge in [-0.15, -0.1) is 11.3 Å². The van der Waals surface area contributed by atoms with Gasteiger partial charge in [-0.2, -0.15) is 0 Å². The van der Waals surface area contributed by atoms with Crippen molar-refractivity contribution in [3.63, 3.8) is 0 Å². The van der Waals surface area contributed by atoms with Crippen LogP contribution in [0.15, 0.2) is 36.4 Å². The second-order valence-corrected chi connectivity index (χ2v) is 14.3. The summed E-state index contributed by atoms with van der Waals surface area (Å²) in [6.07, 6.45) is 6.08. The fourth-order valence-electron chi connectivity index (χ4n) is 7.62. The zero-order valence-corrected chi connectivity index (χ0v) is 27.3. The number of pyridine rings is 1. The Kier molecular flexibility index (Phi) is 9.22. The molecule has 4 heterocycles. The Morgan fingerprint density at radius 1 is 1.07 bits per heavy atom. The first-order valence-electron chi connectivity index (χ1n) is 16.1. The first-order valence-corrected chi connectivity index (χ1v) is 16.9. The number of benzene rings is 1. The number of nitrogens with zero attached hydrogens (tertiary/aromatic N) is 3. The van der Waals surface area contributed by atoms with Crippen LogP contribution in [0.1, 0.15) is 86.6 Å². The van der Waals surface area contributed by atoms with Crippen LogP contribution in [0.4, 0.5) is 0 Å². The molecule has 6 nitrogen and oxygen atoms in total. The Balaban J connectivity index is 1.12. The largest absolute Gasteiger partial charge is 0.473 e. The average Bonchev–Trinajstić information content (AvgIpc) is 3.33. The Labute approximate surface area is 261 Å². The molecule has 43 heavy (non-hydrogen) atoms. The minimum Gasteiger partial charge on any atom is -0.473 e.